The van der Waals surface area contributed by atoms with Crippen molar-refractivity contribution in [2.75, 3.05) is 33.9 Å². The van der Waals surface area contributed by atoms with Crippen LogP contribution >= 0.6 is 0 Å². The summed E-state index contributed by atoms with van der Waals surface area (Å²) in [6.07, 6.45) is 0.745. The Morgan fingerprint density at radius 2 is 2.29 bits per heavy atom. The first-order valence-corrected chi connectivity index (χ1v) is 4.67. The first kappa shape index (κ1) is 11.0. The van der Waals surface area contributed by atoms with Crippen LogP contribution in [0.15, 0.2) is 0 Å². The molecule has 0 saturated carbocycles. The first-order valence-electron chi connectivity index (χ1n) is 4.67. The van der Waals surface area contributed by atoms with Gasteiger partial charge >= 0.3 is 0 Å². The van der Waals surface area contributed by atoms with E-state index in [1.165, 1.54) is 7.11 Å². The number of nitrogens with one attached hydrogen (secondary N) is 1. The molecule has 1 N–H and O–H groups in total. The fraction of sp³-hybridized carbons (Fsp3) is 0.778. The average Bonchev–Trinajstić information content (AvgIpc) is 2.66. The van der Waals surface area contributed by atoms with Crippen LogP contribution < -0.4 is 5.32 Å². The summed E-state index contributed by atoms with van der Waals surface area (Å²) in [4.78, 5) is 24.3. The van der Waals surface area contributed by atoms with Crippen LogP contribution in [-0.2, 0) is 14.3 Å². The molecule has 5 heteroatoms. The predicted octanol–water partition coefficient (Wildman–Crippen LogP) is -0.773. The molecule has 0 aromatic rings. The van der Waals surface area contributed by atoms with Crippen LogP contribution in [0, 0.1) is 5.92 Å². The van der Waals surface area contributed by atoms with Crippen LogP contribution in [0.3, 0.4) is 0 Å². The van der Waals surface area contributed by atoms with Gasteiger partial charge in [-0.15, -0.1) is 0 Å². The van der Waals surface area contributed by atoms with Crippen molar-refractivity contribution in [2.45, 2.75) is 6.42 Å². The standard InChI is InChI=1S/C9H16N2O3/c1-10-9(13)7-3-4-11(5-7)8(12)6-14-2/h7H,3-6H2,1-2H3,(H,10,13). The van der Waals surface area contributed by atoms with Crippen LogP contribution in [0.1, 0.15) is 6.42 Å². The Balaban J connectivity index is 2.41. The van der Waals surface area contributed by atoms with Gasteiger partial charge in [0.1, 0.15) is 6.61 Å². The number of hydrogen-bond donors (Lipinski definition) is 1. The van der Waals surface area contributed by atoms with Crippen molar-refractivity contribution >= 4 is 11.8 Å². The van der Waals surface area contributed by atoms with Gasteiger partial charge in [-0.05, 0) is 6.42 Å². The molecule has 1 heterocycles. The molecule has 1 atom stereocenters. The lowest BCUT2D eigenvalue weighted by Crippen LogP contribution is -2.34. The van der Waals surface area contributed by atoms with E-state index in [1.807, 2.05) is 0 Å². The van der Waals surface area contributed by atoms with Crippen molar-refractivity contribution in [3.05, 3.63) is 0 Å². The number of nitrogens with zero attached hydrogens (tertiary/aromatic N) is 1. The maximum Gasteiger partial charge on any atom is 0.248 e. The van der Waals surface area contributed by atoms with Gasteiger partial charge in [0.05, 0.1) is 5.92 Å². The van der Waals surface area contributed by atoms with Crippen LogP contribution in [-0.4, -0.2) is 50.6 Å². The van der Waals surface area contributed by atoms with Crippen LogP contribution in [0.2, 0.25) is 0 Å². The van der Waals surface area contributed by atoms with Crippen LogP contribution in [0.5, 0.6) is 0 Å². The molecule has 1 unspecified atom stereocenters. The Hall–Kier alpha value is -1.10. The van der Waals surface area contributed by atoms with Gasteiger partial charge in [-0.1, -0.05) is 0 Å². The quantitative estimate of drug-likeness (QED) is 0.650. The number of ether oxygens (including phenoxy) is 1. The number of carbonyl (C=O) groups excluding carboxylic acids is 2. The number of carbonyl (C=O) groups is 2. The van der Waals surface area contributed by atoms with Crippen molar-refractivity contribution in [3.63, 3.8) is 0 Å². The Bertz CT molecular complexity index is 230. The molecular weight excluding hydrogens is 184 g/mol. The number of methoxy groups -OCH3 is 1. The van der Waals surface area contributed by atoms with Gasteiger partial charge in [-0.3, -0.25) is 9.59 Å². The van der Waals surface area contributed by atoms with Gasteiger partial charge in [0.25, 0.3) is 0 Å². The fourth-order valence-electron chi connectivity index (χ4n) is 1.62. The van der Waals surface area contributed by atoms with Gasteiger partial charge in [0, 0.05) is 27.2 Å². The summed E-state index contributed by atoms with van der Waals surface area (Å²) in [5, 5.41) is 2.59. The Kier molecular flexibility index (Phi) is 3.88. The molecule has 0 aromatic heterocycles. The van der Waals surface area contributed by atoms with Gasteiger partial charge in [-0.2, -0.15) is 0 Å². The van der Waals surface area contributed by atoms with E-state index in [0.29, 0.717) is 13.1 Å². The van der Waals surface area contributed by atoms with Gasteiger partial charge in [0.2, 0.25) is 11.8 Å². The van der Waals surface area contributed by atoms with Crippen molar-refractivity contribution in [3.8, 4) is 0 Å². The highest BCUT2D eigenvalue weighted by molar-refractivity contribution is 5.82. The maximum absolute atomic E-state index is 11.4. The van der Waals surface area contributed by atoms with E-state index in [-0.39, 0.29) is 24.3 Å². The Labute approximate surface area is 83.4 Å². The summed E-state index contributed by atoms with van der Waals surface area (Å²) in [6, 6.07) is 0. The molecule has 1 aliphatic heterocycles. The van der Waals surface area contributed by atoms with E-state index in [0.717, 1.165) is 6.42 Å². The van der Waals surface area contributed by atoms with Gasteiger partial charge < -0.3 is 15.0 Å². The molecular formula is C9H16N2O3. The highest BCUT2D eigenvalue weighted by Crippen LogP contribution is 2.16. The highest BCUT2D eigenvalue weighted by atomic mass is 16.5. The summed E-state index contributed by atoms with van der Waals surface area (Å²) in [5.41, 5.74) is 0. The van der Waals surface area contributed by atoms with Gasteiger partial charge in [0.15, 0.2) is 0 Å². The minimum absolute atomic E-state index is 0.0118. The lowest BCUT2D eigenvalue weighted by molar-refractivity contribution is -0.134. The minimum Gasteiger partial charge on any atom is -0.375 e. The van der Waals surface area contributed by atoms with E-state index >= 15 is 0 Å². The third-order valence-corrected chi connectivity index (χ3v) is 2.43. The molecule has 0 aromatic carbocycles. The number of amides is 2. The summed E-state index contributed by atoms with van der Waals surface area (Å²) < 4.78 is 4.75. The molecule has 1 saturated heterocycles. The zero-order valence-electron chi connectivity index (χ0n) is 8.58. The molecule has 0 spiro atoms. The molecule has 1 aliphatic rings. The number of rotatable bonds is 3. The molecule has 14 heavy (non-hydrogen) atoms. The normalized spacial score (nSPS) is 21.0. The minimum atomic E-state index is -0.0548. The van der Waals surface area contributed by atoms with Crippen molar-refractivity contribution < 1.29 is 14.3 Å². The molecule has 5 nitrogen and oxygen atoms in total. The maximum atomic E-state index is 11.4. The highest BCUT2D eigenvalue weighted by Gasteiger charge is 2.29. The second-order valence-corrected chi connectivity index (χ2v) is 3.37. The van der Waals surface area contributed by atoms with E-state index in [4.69, 9.17) is 4.74 Å². The van der Waals surface area contributed by atoms with Crippen molar-refractivity contribution in [2.24, 2.45) is 5.92 Å². The van der Waals surface area contributed by atoms with E-state index in [1.54, 1.807) is 11.9 Å². The largest absolute Gasteiger partial charge is 0.375 e. The fourth-order valence-corrected chi connectivity index (χ4v) is 1.62. The second kappa shape index (κ2) is 4.95. The van der Waals surface area contributed by atoms with Crippen LogP contribution in [0.4, 0.5) is 0 Å². The smallest absolute Gasteiger partial charge is 0.248 e. The molecule has 0 radical (unpaired) electrons. The predicted molar refractivity (Wildman–Crippen MR) is 50.6 cm³/mol. The molecule has 0 bridgehead atoms. The van der Waals surface area contributed by atoms with E-state index < -0.39 is 0 Å². The second-order valence-electron chi connectivity index (χ2n) is 3.37. The number of hydrogen-bond acceptors (Lipinski definition) is 3. The third kappa shape index (κ3) is 2.45. The Morgan fingerprint density at radius 3 is 2.86 bits per heavy atom. The summed E-state index contributed by atoms with van der Waals surface area (Å²) in [6.45, 7) is 1.27. The SMILES string of the molecule is CNC(=O)C1CCN(C(=O)COC)C1. The monoisotopic (exact) mass is 200 g/mol. The number of likely N-dealkylation sites (tertiary alicyclic amines) is 1. The van der Waals surface area contributed by atoms with Crippen LogP contribution in [0.25, 0.3) is 0 Å². The molecule has 80 valence electrons. The average molecular weight is 200 g/mol. The summed E-state index contributed by atoms with van der Waals surface area (Å²) in [7, 11) is 3.10. The topological polar surface area (TPSA) is 58.6 Å². The van der Waals surface area contributed by atoms with E-state index in [9.17, 15) is 9.59 Å². The summed E-state index contributed by atoms with van der Waals surface area (Å²) in [5.74, 6) is -0.0857. The summed E-state index contributed by atoms with van der Waals surface area (Å²) >= 11 is 0. The van der Waals surface area contributed by atoms with Crippen molar-refractivity contribution in [1.82, 2.24) is 10.2 Å². The van der Waals surface area contributed by atoms with E-state index in [2.05, 4.69) is 5.32 Å². The molecule has 1 fully saturated rings. The molecule has 0 aliphatic carbocycles. The third-order valence-electron chi connectivity index (χ3n) is 2.43. The first-order chi connectivity index (χ1) is 6.69. The zero-order valence-corrected chi connectivity index (χ0v) is 8.58. The lowest BCUT2D eigenvalue weighted by Gasteiger charge is -2.15. The molecule has 1 rings (SSSR count). The lowest BCUT2D eigenvalue weighted by atomic mass is 10.1. The Morgan fingerprint density at radius 1 is 1.57 bits per heavy atom. The van der Waals surface area contributed by atoms with Crippen molar-refractivity contribution in [1.29, 1.82) is 0 Å². The van der Waals surface area contributed by atoms with Gasteiger partial charge in [-0.25, -0.2) is 0 Å². The zero-order chi connectivity index (χ0) is 10.6. The molecule has 2 amide bonds.